The van der Waals surface area contributed by atoms with Crippen molar-refractivity contribution in [3.05, 3.63) is 11.6 Å². The molecule has 2 saturated heterocycles. The summed E-state index contributed by atoms with van der Waals surface area (Å²) in [6, 6.07) is 0. The average Bonchev–Trinajstić information content (AvgIpc) is 3.37. The number of rotatable bonds is 6. The minimum Gasteiger partial charge on any atom is -0.378 e. The van der Waals surface area contributed by atoms with Gasteiger partial charge in [0.15, 0.2) is 0 Å². The zero-order valence-corrected chi connectivity index (χ0v) is 14.6. The lowest BCUT2D eigenvalue weighted by Crippen LogP contribution is -2.55. The van der Waals surface area contributed by atoms with E-state index < -0.39 is 0 Å². The topological polar surface area (TPSA) is 43.5 Å². The Balaban J connectivity index is 1.78. The first-order chi connectivity index (χ1) is 10.5. The second-order valence-electron chi connectivity index (χ2n) is 7.37. The molecule has 0 aromatic heterocycles. The van der Waals surface area contributed by atoms with E-state index in [1.807, 2.05) is 6.92 Å². The van der Waals surface area contributed by atoms with E-state index >= 15 is 0 Å². The first-order valence-corrected chi connectivity index (χ1v) is 8.56. The molecule has 4 nitrogen and oxygen atoms in total. The van der Waals surface area contributed by atoms with Crippen molar-refractivity contribution in [1.29, 1.82) is 0 Å². The molecule has 1 saturated carbocycles. The predicted molar refractivity (Wildman–Crippen MR) is 84.9 cm³/mol. The van der Waals surface area contributed by atoms with Crippen molar-refractivity contribution in [3.8, 4) is 0 Å². The Morgan fingerprint density at radius 3 is 2.64 bits per heavy atom. The Kier molecular flexibility index (Phi) is 4.41. The normalized spacial score (nSPS) is 46.6. The van der Waals surface area contributed by atoms with E-state index in [0.29, 0.717) is 0 Å². The predicted octanol–water partition coefficient (Wildman–Crippen LogP) is 3.10. The van der Waals surface area contributed by atoms with Gasteiger partial charge in [0.2, 0.25) is 0 Å². The van der Waals surface area contributed by atoms with Crippen LogP contribution < -0.4 is 0 Å². The second-order valence-corrected chi connectivity index (χ2v) is 7.37. The van der Waals surface area contributed by atoms with Crippen molar-refractivity contribution in [1.82, 2.24) is 0 Å². The first kappa shape index (κ1) is 16.4. The molecule has 0 radical (unpaired) electrons. The number of epoxide rings is 2. The summed E-state index contributed by atoms with van der Waals surface area (Å²) in [5.74, 6) is 0.255. The summed E-state index contributed by atoms with van der Waals surface area (Å²) in [6.45, 7) is 10.1. The fourth-order valence-corrected chi connectivity index (χ4v) is 4.34. The van der Waals surface area contributed by atoms with Gasteiger partial charge in [0, 0.05) is 13.7 Å². The summed E-state index contributed by atoms with van der Waals surface area (Å²) in [6.07, 6.45) is 5.78. The molecule has 1 spiro atoms. The minimum absolute atomic E-state index is 0.0389. The third-order valence-electron chi connectivity index (χ3n) is 5.62. The van der Waals surface area contributed by atoms with E-state index in [4.69, 9.17) is 18.9 Å². The third kappa shape index (κ3) is 2.75. The molecule has 3 fully saturated rings. The molecule has 3 aliphatic rings. The Hall–Kier alpha value is -0.420. The van der Waals surface area contributed by atoms with Gasteiger partial charge in [-0.05, 0) is 47.0 Å². The Morgan fingerprint density at radius 1 is 1.36 bits per heavy atom. The Labute approximate surface area is 134 Å². The van der Waals surface area contributed by atoms with Crippen LogP contribution in [0.2, 0.25) is 0 Å². The second kappa shape index (κ2) is 5.90. The van der Waals surface area contributed by atoms with Crippen LogP contribution in [0.25, 0.3) is 0 Å². The molecular weight excluding hydrogens is 280 g/mol. The maximum Gasteiger partial charge on any atom is 0.101 e. The van der Waals surface area contributed by atoms with Crippen molar-refractivity contribution >= 4 is 0 Å². The van der Waals surface area contributed by atoms with Crippen LogP contribution in [0.3, 0.4) is 0 Å². The van der Waals surface area contributed by atoms with Crippen LogP contribution in [0.4, 0.5) is 0 Å². The number of ether oxygens (including phenoxy) is 4. The molecule has 0 amide bonds. The largest absolute Gasteiger partial charge is 0.378 e. The van der Waals surface area contributed by atoms with Crippen molar-refractivity contribution in [2.45, 2.75) is 76.5 Å². The molecule has 2 aliphatic heterocycles. The smallest absolute Gasteiger partial charge is 0.101 e. The number of allylic oxidation sites excluding steroid dienone is 1. The highest BCUT2D eigenvalue weighted by molar-refractivity contribution is 5.20. The van der Waals surface area contributed by atoms with Crippen LogP contribution in [-0.2, 0) is 18.9 Å². The lowest BCUT2D eigenvalue weighted by atomic mass is 9.68. The van der Waals surface area contributed by atoms with E-state index in [0.717, 1.165) is 32.5 Å². The van der Waals surface area contributed by atoms with Crippen LogP contribution in [0.5, 0.6) is 0 Å². The summed E-state index contributed by atoms with van der Waals surface area (Å²) in [7, 11) is 1.79. The standard InChI is InChI=1S/C18H30O4/c1-6-20-13-9-10-18(11-21-18)16(15(13)19-5)17(4)14(22-17)8-7-12(2)3/h7,13-16H,6,8-11H2,1-5H3/t13?,14?,15?,16?,17-,18+/m1/s1. The van der Waals surface area contributed by atoms with Crippen LogP contribution >= 0.6 is 0 Å². The lowest BCUT2D eigenvalue weighted by Gasteiger charge is -2.43. The number of hydrogen-bond donors (Lipinski definition) is 0. The van der Waals surface area contributed by atoms with Gasteiger partial charge in [-0.2, -0.15) is 0 Å². The molecule has 2 heterocycles. The molecule has 0 aromatic rings. The fourth-order valence-electron chi connectivity index (χ4n) is 4.34. The maximum absolute atomic E-state index is 6.17. The van der Waals surface area contributed by atoms with Gasteiger partial charge in [-0.25, -0.2) is 0 Å². The monoisotopic (exact) mass is 310 g/mol. The maximum atomic E-state index is 6.17. The van der Waals surface area contributed by atoms with Crippen LogP contribution in [0, 0.1) is 5.92 Å². The Bertz CT molecular complexity index is 438. The average molecular weight is 310 g/mol. The minimum atomic E-state index is -0.154. The number of hydrogen-bond acceptors (Lipinski definition) is 4. The molecule has 126 valence electrons. The fraction of sp³-hybridized carbons (Fsp3) is 0.889. The summed E-state index contributed by atoms with van der Waals surface area (Å²) in [5, 5.41) is 0. The van der Waals surface area contributed by atoms with Gasteiger partial charge in [-0.15, -0.1) is 0 Å². The molecule has 1 aliphatic carbocycles. The molecule has 0 aromatic carbocycles. The highest BCUT2D eigenvalue weighted by Gasteiger charge is 2.71. The Morgan fingerprint density at radius 2 is 2.09 bits per heavy atom. The molecule has 4 heteroatoms. The van der Waals surface area contributed by atoms with Crippen LogP contribution in [-0.4, -0.2) is 49.8 Å². The van der Waals surface area contributed by atoms with Gasteiger partial charge in [-0.1, -0.05) is 11.6 Å². The third-order valence-corrected chi connectivity index (χ3v) is 5.62. The van der Waals surface area contributed by atoms with E-state index in [1.54, 1.807) is 7.11 Å². The molecule has 22 heavy (non-hydrogen) atoms. The molecule has 3 rings (SSSR count). The zero-order valence-electron chi connectivity index (χ0n) is 14.6. The quantitative estimate of drug-likeness (QED) is 0.558. The SMILES string of the molecule is CCOC1CC[C@]2(CO2)C([C@]2(C)OC2CC=C(C)C)C1OC. The van der Waals surface area contributed by atoms with Gasteiger partial charge in [0.05, 0.1) is 36.4 Å². The molecule has 0 N–H and O–H groups in total. The van der Waals surface area contributed by atoms with E-state index in [9.17, 15) is 0 Å². The molecule has 4 unspecified atom stereocenters. The van der Waals surface area contributed by atoms with Gasteiger partial charge < -0.3 is 18.9 Å². The number of methoxy groups -OCH3 is 1. The van der Waals surface area contributed by atoms with Crippen LogP contribution in [0.15, 0.2) is 11.6 Å². The van der Waals surface area contributed by atoms with Crippen molar-refractivity contribution < 1.29 is 18.9 Å². The molecule has 0 bridgehead atoms. The van der Waals surface area contributed by atoms with Gasteiger partial charge in [-0.3, -0.25) is 0 Å². The van der Waals surface area contributed by atoms with E-state index in [-0.39, 0.29) is 35.4 Å². The van der Waals surface area contributed by atoms with Gasteiger partial charge in [0.1, 0.15) is 5.60 Å². The molecule has 6 atom stereocenters. The zero-order chi connectivity index (χ0) is 16.0. The van der Waals surface area contributed by atoms with Crippen molar-refractivity contribution in [2.75, 3.05) is 20.3 Å². The highest BCUT2D eigenvalue weighted by Crippen LogP contribution is 2.59. The highest BCUT2D eigenvalue weighted by atomic mass is 16.6. The summed E-state index contributed by atoms with van der Waals surface area (Å²) < 4.78 is 23.9. The lowest BCUT2D eigenvalue weighted by molar-refractivity contribution is -0.136. The summed E-state index contributed by atoms with van der Waals surface area (Å²) in [4.78, 5) is 0. The van der Waals surface area contributed by atoms with Crippen LogP contribution in [0.1, 0.15) is 47.0 Å². The van der Waals surface area contributed by atoms with Gasteiger partial charge in [0.25, 0.3) is 0 Å². The van der Waals surface area contributed by atoms with E-state index in [2.05, 4.69) is 26.8 Å². The van der Waals surface area contributed by atoms with E-state index in [1.165, 1.54) is 5.57 Å². The van der Waals surface area contributed by atoms with Crippen molar-refractivity contribution in [2.24, 2.45) is 5.92 Å². The first-order valence-electron chi connectivity index (χ1n) is 8.56. The van der Waals surface area contributed by atoms with Crippen molar-refractivity contribution in [3.63, 3.8) is 0 Å². The molecular formula is C18H30O4. The summed E-state index contributed by atoms with van der Waals surface area (Å²) >= 11 is 0. The summed E-state index contributed by atoms with van der Waals surface area (Å²) in [5.41, 5.74) is 1.15. The van der Waals surface area contributed by atoms with Gasteiger partial charge >= 0.3 is 0 Å².